The minimum absolute atomic E-state index is 0. The Morgan fingerprint density at radius 3 is 1.50 bits per heavy atom. The molecule has 0 aliphatic rings. The van der Waals surface area contributed by atoms with Gasteiger partial charge in [-0.05, 0) is 0 Å². The maximum atomic E-state index is 2.36. The molecule has 1 nitrogen and oxygen atoms in total. The van der Waals surface area contributed by atoms with Gasteiger partial charge in [-0.25, -0.2) is 0 Å². The molecule has 0 bridgehead atoms. The average Bonchev–Trinajstić information content (AvgIpc) is 1.68. The molecule has 0 fully saturated rings. The molecule has 0 radical (unpaired) electrons. The average molecular weight is 219 g/mol. The van der Waals surface area contributed by atoms with Crippen molar-refractivity contribution in [3.63, 3.8) is 0 Å². The summed E-state index contributed by atoms with van der Waals surface area (Å²) >= 11 is 2.17. The Hall–Kier alpha value is 1.25. The molecule has 0 aromatic heterocycles. The first-order valence-corrected chi connectivity index (χ1v) is 3.97. The number of hydrogen-bond acceptors (Lipinski definition) is 1. The fourth-order valence-corrected chi connectivity index (χ4v) is 1.35. The predicted molar refractivity (Wildman–Crippen MR) is 32.2 cm³/mol. The summed E-state index contributed by atoms with van der Waals surface area (Å²) in [7, 11) is 0. The van der Waals surface area contributed by atoms with E-state index in [4.69, 9.17) is 0 Å². The van der Waals surface area contributed by atoms with Crippen molar-refractivity contribution < 1.29 is 45.5 Å². The molecule has 0 rings (SSSR count). The maximum absolute atomic E-state index is 2.36. The van der Waals surface area contributed by atoms with Crippen molar-refractivity contribution in [2.75, 3.05) is 13.1 Å². The third-order valence-electron chi connectivity index (χ3n) is 0.987. The van der Waals surface area contributed by atoms with E-state index in [1.807, 2.05) is 0 Å². The molecule has 0 heterocycles. The van der Waals surface area contributed by atoms with Crippen LogP contribution in [-0.2, 0) is 20.7 Å². The Morgan fingerprint density at radius 1 is 1.00 bits per heavy atom. The minimum Gasteiger partial charge on any atom is -1.00 e. The fourth-order valence-electron chi connectivity index (χ4n) is 0.652. The molecule has 0 spiro atoms. The van der Waals surface area contributed by atoms with Crippen molar-refractivity contribution in [1.29, 1.82) is 0 Å². The van der Waals surface area contributed by atoms with Crippen molar-refractivity contribution in [3.8, 4) is 0 Å². The van der Waals surface area contributed by atoms with Gasteiger partial charge in [-0.2, -0.15) is 0 Å². The Kier molecular flexibility index (Phi) is 22.4. The molecule has 4 heteroatoms. The second kappa shape index (κ2) is 12.9. The molecule has 0 N–H and O–H groups in total. The van der Waals surface area contributed by atoms with Crippen molar-refractivity contribution >= 4 is 0 Å². The summed E-state index contributed by atoms with van der Waals surface area (Å²) in [5.74, 6) is 0. The summed E-state index contributed by atoms with van der Waals surface area (Å²) in [6, 6.07) is 0. The molecule has 0 atom stereocenters. The smallest absolute Gasteiger partial charge is 1.00 e. The molecule has 0 aliphatic heterocycles. The van der Waals surface area contributed by atoms with E-state index in [1.165, 1.54) is 25.9 Å². The van der Waals surface area contributed by atoms with Crippen molar-refractivity contribution in [2.45, 2.75) is 26.7 Å². The molecular formula is C6H14Cl2NTi. The van der Waals surface area contributed by atoms with Crippen LogP contribution in [0.15, 0.2) is 0 Å². The Morgan fingerprint density at radius 2 is 1.30 bits per heavy atom. The topological polar surface area (TPSA) is 3.24 Å². The van der Waals surface area contributed by atoms with Gasteiger partial charge in [0.25, 0.3) is 0 Å². The Balaban J connectivity index is -0.000000245. The van der Waals surface area contributed by atoms with E-state index < -0.39 is 0 Å². The van der Waals surface area contributed by atoms with Gasteiger partial charge in [0.15, 0.2) is 0 Å². The molecule has 0 saturated carbocycles. The first-order chi connectivity index (χ1) is 3.81. The van der Waals surface area contributed by atoms with E-state index >= 15 is 0 Å². The summed E-state index contributed by atoms with van der Waals surface area (Å²) in [5, 5.41) is 0. The van der Waals surface area contributed by atoms with Crippen molar-refractivity contribution in [3.05, 3.63) is 0 Å². The first-order valence-electron chi connectivity index (χ1n) is 3.27. The SMILES string of the molecule is CCC[N]([Ti+2])CCC.[Cl-].[Cl-]. The number of rotatable bonds is 4. The largest absolute Gasteiger partial charge is 1.00 e. The monoisotopic (exact) mass is 218 g/mol. The predicted octanol–water partition coefficient (Wildman–Crippen LogP) is -4.42. The molecule has 10 heavy (non-hydrogen) atoms. The van der Waals surface area contributed by atoms with E-state index in [9.17, 15) is 0 Å². The Labute approximate surface area is 88.5 Å². The zero-order valence-corrected chi connectivity index (χ0v) is 9.60. The molecule has 0 aliphatic carbocycles. The van der Waals surface area contributed by atoms with Crippen LogP contribution in [0.5, 0.6) is 0 Å². The van der Waals surface area contributed by atoms with E-state index in [1.54, 1.807) is 0 Å². The quantitative estimate of drug-likeness (QED) is 0.431. The minimum atomic E-state index is 0. The van der Waals surface area contributed by atoms with Crippen LogP contribution >= 0.6 is 0 Å². The van der Waals surface area contributed by atoms with E-state index in [0.29, 0.717) is 0 Å². The van der Waals surface area contributed by atoms with Crippen molar-refractivity contribution in [1.82, 2.24) is 3.38 Å². The van der Waals surface area contributed by atoms with Crippen LogP contribution in [0.3, 0.4) is 0 Å². The van der Waals surface area contributed by atoms with Gasteiger partial charge in [0, 0.05) is 0 Å². The molecule has 0 unspecified atom stereocenters. The number of nitrogens with zero attached hydrogens (tertiary/aromatic N) is 1. The van der Waals surface area contributed by atoms with Crippen LogP contribution < -0.4 is 24.8 Å². The van der Waals surface area contributed by atoms with Crippen LogP contribution in [0.1, 0.15) is 26.7 Å². The van der Waals surface area contributed by atoms with Gasteiger partial charge in [0.1, 0.15) is 0 Å². The molecule has 0 aromatic carbocycles. The summed E-state index contributed by atoms with van der Waals surface area (Å²) in [6.45, 7) is 6.92. The van der Waals surface area contributed by atoms with Gasteiger partial charge in [0.2, 0.25) is 0 Å². The normalized spacial score (nSPS) is 8.50. The standard InChI is InChI=1S/C6H14N.2ClH.Ti/c1-3-5-7-6-4-2;;;/h3-6H2,1-2H3;2*1H;/q-1;;;+3/p-2. The van der Waals surface area contributed by atoms with Gasteiger partial charge in [-0.15, -0.1) is 0 Å². The van der Waals surface area contributed by atoms with Crippen LogP contribution in [0.2, 0.25) is 0 Å². The van der Waals surface area contributed by atoms with Gasteiger partial charge in [-0.3, -0.25) is 0 Å². The second-order valence-electron chi connectivity index (χ2n) is 1.99. The van der Waals surface area contributed by atoms with Crippen molar-refractivity contribution in [2.24, 2.45) is 0 Å². The van der Waals surface area contributed by atoms with Crippen LogP contribution in [-0.4, -0.2) is 16.5 Å². The summed E-state index contributed by atoms with van der Waals surface area (Å²) in [6.07, 6.45) is 2.55. The van der Waals surface area contributed by atoms with Gasteiger partial charge in [-0.1, -0.05) is 0 Å². The molecule has 0 amide bonds. The zero-order valence-electron chi connectivity index (χ0n) is 6.53. The first kappa shape index (κ1) is 17.4. The maximum Gasteiger partial charge on any atom is -1.00 e. The summed E-state index contributed by atoms with van der Waals surface area (Å²) < 4.78 is 2.36. The fraction of sp³-hybridized carbons (Fsp3) is 1.00. The van der Waals surface area contributed by atoms with E-state index in [-0.39, 0.29) is 24.8 Å². The van der Waals surface area contributed by atoms with E-state index in [2.05, 4.69) is 37.9 Å². The third-order valence-corrected chi connectivity index (χ3v) is 1.69. The van der Waals surface area contributed by atoms with Gasteiger partial charge >= 0.3 is 63.9 Å². The van der Waals surface area contributed by atoms with E-state index in [0.717, 1.165) is 0 Å². The number of hydrogen-bond donors (Lipinski definition) is 0. The molecule has 0 aromatic rings. The van der Waals surface area contributed by atoms with Crippen LogP contribution in [0, 0.1) is 0 Å². The van der Waals surface area contributed by atoms with Gasteiger partial charge in [0.05, 0.1) is 0 Å². The summed E-state index contributed by atoms with van der Waals surface area (Å²) in [5.41, 5.74) is 0. The molecule has 0 saturated heterocycles. The second-order valence-corrected chi connectivity index (χ2v) is 2.97. The Bertz CT molecular complexity index is 49.0. The van der Waals surface area contributed by atoms with Crippen LogP contribution in [0.4, 0.5) is 0 Å². The summed E-state index contributed by atoms with van der Waals surface area (Å²) in [4.78, 5) is 0. The zero-order chi connectivity index (χ0) is 6.41. The molecular weight excluding hydrogens is 205 g/mol. The molecule has 61 valence electrons. The number of halogens is 2. The third kappa shape index (κ3) is 12.0. The van der Waals surface area contributed by atoms with Gasteiger partial charge < -0.3 is 24.8 Å². The van der Waals surface area contributed by atoms with Crippen LogP contribution in [0.25, 0.3) is 0 Å².